The summed E-state index contributed by atoms with van der Waals surface area (Å²) in [6.45, 7) is 0.970. The Balaban J connectivity index is 1.16. The number of benzene rings is 3. The molecule has 0 spiro atoms. The van der Waals surface area contributed by atoms with E-state index in [1.807, 2.05) is 0 Å². The summed E-state index contributed by atoms with van der Waals surface area (Å²) in [7, 11) is 1.26. The van der Waals surface area contributed by atoms with E-state index in [0.717, 1.165) is 12.8 Å². The number of fused-ring (bicyclic) bond motifs is 3. The van der Waals surface area contributed by atoms with Crippen LogP contribution in [0, 0.1) is 5.82 Å². The van der Waals surface area contributed by atoms with Crippen molar-refractivity contribution in [2.75, 3.05) is 56.5 Å². The number of nitrogens with one attached hydrogen (secondary N) is 1. The van der Waals surface area contributed by atoms with Crippen molar-refractivity contribution < 1.29 is 41.4 Å². The number of morpholine rings is 1. The second-order valence-corrected chi connectivity index (χ2v) is 13.3. The van der Waals surface area contributed by atoms with Gasteiger partial charge in [0.05, 0.1) is 65.8 Å². The zero-order valence-corrected chi connectivity index (χ0v) is 27.8. The van der Waals surface area contributed by atoms with Gasteiger partial charge in [-0.1, -0.05) is 41.4 Å². The Morgan fingerprint density at radius 3 is 2.41 bits per heavy atom. The van der Waals surface area contributed by atoms with Gasteiger partial charge >= 0.3 is 12.1 Å². The summed E-state index contributed by atoms with van der Waals surface area (Å²) in [6.07, 6.45) is -2.65. The van der Waals surface area contributed by atoms with Gasteiger partial charge in [-0.05, 0) is 37.1 Å². The summed E-state index contributed by atoms with van der Waals surface area (Å²) < 4.78 is 72.7. The highest BCUT2D eigenvalue weighted by atomic mass is 35.5. The van der Waals surface area contributed by atoms with Crippen LogP contribution in [0.5, 0.6) is 5.75 Å². The van der Waals surface area contributed by atoms with E-state index in [2.05, 4.69) is 10.2 Å². The fourth-order valence-electron chi connectivity index (χ4n) is 7.20. The minimum absolute atomic E-state index is 0.00739. The number of carbonyl (C=O) groups is 2. The molecular formula is C34H32Cl2F4N4O5. The molecule has 0 aliphatic carbocycles. The number of nitrogens with zero attached hydrogens (tertiary/aromatic N) is 3. The number of esters is 1. The van der Waals surface area contributed by atoms with Crippen molar-refractivity contribution in [3.05, 3.63) is 75.0 Å². The molecule has 3 atom stereocenters. The van der Waals surface area contributed by atoms with Gasteiger partial charge in [0.15, 0.2) is 6.73 Å². The lowest BCUT2D eigenvalue weighted by atomic mass is 9.96. The third-order valence-electron chi connectivity index (χ3n) is 9.59. The summed E-state index contributed by atoms with van der Waals surface area (Å²) in [5.41, 5.74) is 2.34. The van der Waals surface area contributed by atoms with E-state index < -0.39 is 29.9 Å². The van der Waals surface area contributed by atoms with E-state index in [9.17, 15) is 22.8 Å². The molecule has 1 N–H and O–H groups in total. The molecule has 9 nitrogen and oxygen atoms in total. The summed E-state index contributed by atoms with van der Waals surface area (Å²) in [6, 6.07) is 9.32. The first kappa shape index (κ1) is 33.7. The number of piperazine rings is 1. The van der Waals surface area contributed by atoms with Crippen LogP contribution in [0.2, 0.25) is 10.0 Å². The molecule has 3 aromatic carbocycles. The number of amides is 1. The van der Waals surface area contributed by atoms with Crippen molar-refractivity contribution in [2.24, 2.45) is 0 Å². The Bertz CT molecular complexity index is 1770. The van der Waals surface area contributed by atoms with E-state index in [0.29, 0.717) is 48.0 Å². The van der Waals surface area contributed by atoms with Crippen molar-refractivity contribution in [3.8, 4) is 16.9 Å². The van der Waals surface area contributed by atoms with Crippen molar-refractivity contribution in [3.63, 3.8) is 0 Å². The molecular weight excluding hydrogens is 691 g/mol. The Hall–Kier alpha value is -3.78. The predicted octanol–water partition coefficient (Wildman–Crippen LogP) is 6.29. The molecule has 4 aliphatic rings. The second-order valence-electron chi connectivity index (χ2n) is 12.5. The number of anilines is 2. The topological polar surface area (TPSA) is 83.6 Å². The van der Waals surface area contributed by atoms with Crippen LogP contribution in [0.1, 0.15) is 39.1 Å². The molecule has 1 amide bonds. The third-order valence-corrected chi connectivity index (χ3v) is 10.2. The fourth-order valence-corrected chi connectivity index (χ4v) is 7.84. The maximum Gasteiger partial charge on any atom is 0.405 e. The van der Waals surface area contributed by atoms with Crippen LogP contribution in [0.4, 0.5) is 28.9 Å². The van der Waals surface area contributed by atoms with Gasteiger partial charge in [-0.3, -0.25) is 4.79 Å². The number of halogens is 6. The maximum atomic E-state index is 15.9. The van der Waals surface area contributed by atoms with E-state index >= 15 is 4.39 Å². The van der Waals surface area contributed by atoms with Crippen molar-refractivity contribution >= 4 is 46.5 Å². The van der Waals surface area contributed by atoms with Crippen LogP contribution in [-0.4, -0.2) is 87.8 Å². The van der Waals surface area contributed by atoms with Crippen molar-refractivity contribution in [2.45, 2.75) is 43.7 Å². The molecule has 49 heavy (non-hydrogen) atoms. The van der Waals surface area contributed by atoms with Crippen LogP contribution in [0.25, 0.3) is 11.1 Å². The first-order valence-corrected chi connectivity index (χ1v) is 16.6. The highest BCUT2D eigenvalue weighted by molar-refractivity contribution is 6.40. The van der Waals surface area contributed by atoms with Crippen LogP contribution in [0.15, 0.2) is 42.5 Å². The number of hydrogen-bond acceptors (Lipinski definition) is 8. The first-order chi connectivity index (χ1) is 23.4. The molecule has 3 unspecified atom stereocenters. The van der Waals surface area contributed by atoms with Crippen LogP contribution < -0.4 is 19.9 Å². The van der Waals surface area contributed by atoms with E-state index in [1.54, 1.807) is 24.3 Å². The zero-order valence-electron chi connectivity index (χ0n) is 26.3. The lowest BCUT2D eigenvalue weighted by Gasteiger charge is -2.38. The van der Waals surface area contributed by atoms with Gasteiger partial charge in [0.2, 0.25) is 0 Å². The second kappa shape index (κ2) is 13.2. The van der Waals surface area contributed by atoms with Crippen molar-refractivity contribution in [1.29, 1.82) is 0 Å². The molecule has 3 aromatic rings. The van der Waals surface area contributed by atoms with E-state index in [-0.39, 0.29) is 65.2 Å². The SMILES string of the molecule is COC(=O)c1cc(F)c(-c2cccc3c2OCN(C(=O)c2c(Cl)cc(N4CCNC(C(F)(F)F)C4)cc2Cl)C3)cc1N1C2CCC1COC2. The summed E-state index contributed by atoms with van der Waals surface area (Å²) in [5, 5.41) is 2.45. The molecule has 0 aromatic heterocycles. The van der Waals surface area contributed by atoms with Gasteiger partial charge in [-0.2, -0.15) is 13.2 Å². The molecule has 4 heterocycles. The molecule has 3 saturated heterocycles. The third kappa shape index (κ3) is 6.26. The number of ether oxygens (including phenoxy) is 3. The predicted molar refractivity (Wildman–Crippen MR) is 175 cm³/mol. The summed E-state index contributed by atoms with van der Waals surface area (Å²) >= 11 is 13.1. The average molecular weight is 724 g/mol. The smallest absolute Gasteiger partial charge is 0.405 e. The van der Waals surface area contributed by atoms with Gasteiger partial charge in [-0.25, -0.2) is 9.18 Å². The normalized spacial score (nSPS) is 22.1. The lowest BCUT2D eigenvalue weighted by molar-refractivity contribution is -0.155. The number of methoxy groups -OCH3 is 1. The largest absolute Gasteiger partial charge is 0.472 e. The molecule has 4 aliphatic heterocycles. The molecule has 0 saturated carbocycles. The molecule has 15 heteroatoms. The number of carbonyl (C=O) groups excluding carboxylic acids is 2. The lowest BCUT2D eigenvalue weighted by Crippen LogP contribution is -2.57. The number of alkyl halides is 3. The number of rotatable bonds is 5. The van der Waals surface area contributed by atoms with Crippen molar-refractivity contribution in [1.82, 2.24) is 10.2 Å². The van der Waals surface area contributed by atoms with Crippen LogP contribution >= 0.6 is 23.2 Å². The monoisotopic (exact) mass is 722 g/mol. The number of para-hydroxylation sites is 1. The Morgan fingerprint density at radius 1 is 1.02 bits per heavy atom. The molecule has 2 bridgehead atoms. The first-order valence-electron chi connectivity index (χ1n) is 15.8. The number of hydrogen-bond donors (Lipinski definition) is 1. The van der Waals surface area contributed by atoms with Gasteiger partial charge in [0, 0.05) is 42.0 Å². The van der Waals surface area contributed by atoms with Gasteiger partial charge < -0.3 is 34.2 Å². The Morgan fingerprint density at radius 2 is 1.73 bits per heavy atom. The molecule has 260 valence electrons. The van der Waals surface area contributed by atoms with E-state index in [1.165, 1.54) is 35.1 Å². The zero-order chi connectivity index (χ0) is 34.6. The molecule has 0 radical (unpaired) electrons. The van der Waals surface area contributed by atoms with E-state index in [4.69, 9.17) is 37.4 Å². The van der Waals surface area contributed by atoms with Gasteiger partial charge in [-0.15, -0.1) is 0 Å². The molecule has 3 fully saturated rings. The standard InChI is InChI=1S/C34H32Cl2F4N4O5/c1-47-33(46)24-11-27(37)23(12-28(24)44-19-5-6-20(44)16-48-15-19)22-4-2-3-18-13-43(17-49-31(18)22)32(45)30-25(35)9-21(10-26(30)36)42-8-7-41-29(14-42)34(38,39)40/h2-4,9-12,19-20,29,41H,5-8,13-17H2,1H3. The molecule has 7 rings (SSSR count). The van der Waals surface area contributed by atoms with Crippen LogP contribution in [0.3, 0.4) is 0 Å². The highest BCUT2D eigenvalue weighted by Gasteiger charge is 2.43. The minimum atomic E-state index is -4.42. The Labute approximate surface area is 289 Å². The van der Waals surface area contributed by atoms with Gasteiger partial charge in [0.1, 0.15) is 17.6 Å². The summed E-state index contributed by atoms with van der Waals surface area (Å²) in [5.74, 6) is -1.43. The highest BCUT2D eigenvalue weighted by Crippen LogP contribution is 2.43. The van der Waals surface area contributed by atoms with Gasteiger partial charge in [0.25, 0.3) is 5.91 Å². The maximum absolute atomic E-state index is 15.9. The summed E-state index contributed by atoms with van der Waals surface area (Å²) in [4.78, 5) is 31.6. The average Bonchev–Trinajstić information content (AvgIpc) is 3.33. The Kier molecular flexibility index (Phi) is 9.05. The fraction of sp³-hybridized carbons (Fsp3) is 0.412. The minimum Gasteiger partial charge on any atom is -0.472 e. The van der Waals surface area contributed by atoms with Crippen LogP contribution in [-0.2, 0) is 16.0 Å². The quantitative estimate of drug-likeness (QED) is 0.243.